The fourth-order valence-electron chi connectivity index (χ4n) is 1.37. The number of nitrogens with zero attached hydrogens (tertiary/aromatic N) is 1. The third kappa shape index (κ3) is 2.80. The molecule has 1 aromatic carbocycles. The second-order valence-electron chi connectivity index (χ2n) is 3.34. The van der Waals surface area contributed by atoms with Gasteiger partial charge in [0.05, 0.1) is 10.2 Å². The Morgan fingerprint density at radius 3 is 2.75 bits per heavy atom. The standard InChI is InChI=1S/C11H8Br2N2O/c12-8-3-1-2-7(4-8)5-9-6-10(13)11(16)15-14-9/h1-4,6H,5H2,(H,15,16). The first-order chi connectivity index (χ1) is 7.65. The number of benzene rings is 1. The van der Waals surface area contributed by atoms with E-state index < -0.39 is 0 Å². The number of hydrogen-bond acceptors (Lipinski definition) is 2. The molecule has 0 aliphatic rings. The maximum Gasteiger partial charge on any atom is 0.278 e. The smallest absolute Gasteiger partial charge is 0.267 e. The zero-order valence-corrected chi connectivity index (χ0v) is 11.4. The van der Waals surface area contributed by atoms with Crippen molar-refractivity contribution in [3.8, 4) is 0 Å². The van der Waals surface area contributed by atoms with Gasteiger partial charge in [-0.1, -0.05) is 28.1 Å². The second-order valence-corrected chi connectivity index (χ2v) is 5.11. The maximum absolute atomic E-state index is 11.1. The Morgan fingerprint density at radius 2 is 2.06 bits per heavy atom. The van der Waals surface area contributed by atoms with E-state index in [2.05, 4.69) is 42.1 Å². The summed E-state index contributed by atoms with van der Waals surface area (Å²) >= 11 is 6.59. The van der Waals surface area contributed by atoms with Crippen LogP contribution in [0, 0.1) is 0 Å². The highest BCUT2D eigenvalue weighted by Gasteiger charge is 2.02. The molecule has 5 heteroatoms. The zero-order valence-electron chi connectivity index (χ0n) is 8.21. The van der Waals surface area contributed by atoms with Gasteiger partial charge in [0.1, 0.15) is 0 Å². The minimum atomic E-state index is -0.210. The van der Waals surface area contributed by atoms with Gasteiger partial charge in [-0.15, -0.1) is 0 Å². The van der Waals surface area contributed by atoms with Crippen molar-refractivity contribution < 1.29 is 0 Å². The Balaban J connectivity index is 2.27. The number of hydrogen-bond donors (Lipinski definition) is 1. The maximum atomic E-state index is 11.1. The van der Waals surface area contributed by atoms with Crippen LogP contribution in [0.3, 0.4) is 0 Å². The molecule has 0 aliphatic carbocycles. The lowest BCUT2D eigenvalue weighted by Gasteiger charge is -2.01. The molecule has 2 aromatic rings. The van der Waals surface area contributed by atoms with E-state index in [1.807, 2.05) is 24.3 Å². The van der Waals surface area contributed by atoms with Crippen LogP contribution in [0.5, 0.6) is 0 Å². The Hall–Kier alpha value is -0.940. The van der Waals surface area contributed by atoms with Crippen LogP contribution in [0.25, 0.3) is 0 Å². The van der Waals surface area contributed by atoms with Crippen LogP contribution in [0.15, 0.2) is 44.1 Å². The van der Waals surface area contributed by atoms with Crippen molar-refractivity contribution in [2.45, 2.75) is 6.42 Å². The normalized spacial score (nSPS) is 10.4. The quantitative estimate of drug-likeness (QED) is 0.911. The monoisotopic (exact) mass is 342 g/mol. The topological polar surface area (TPSA) is 45.8 Å². The summed E-state index contributed by atoms with van der Waals surface area (Å²) in [5.41, 5.74) is 1.75. The van der Waals surface area contributed by atoms with Gasteiger partial charge in [-0.2, -0.15) is 5.10 Å². The predicted molar refractivity (Wildman–Crippen MR) is 69.5 cm³/mol. The van der Waals surface area contributed by atoms with Crippen LogP contribution < -0.4 is 5.56 Å². The molecule has 82 valence electrons. The number of halogens is 2. The van der Waals surface area contributed by atoms with Crippen LogP contribution in [0.2, 0.25) is 0 Å². The minimum Gasteiger partial charge on any atom is -0.267 e. The zero-order chi connectivity index (χ0) is 11.5. The summed E-state index contributed by atoms with van der Waals surface area (Å²) in [6.45, 7) is 0. The average Bonchev–Trinajstić information content (AvgIpc) is 2.24. The van der Waals surface area contributed by atoms with Gasteiger partial charge in [-0.25, -0.2) is 5.10 Å². The Labute approximate surface area is 109 Å². The molecule has 0 amide bonds. The first kappa shape index (κ1) is 11.5. The van der Waals surface area contributed by atoms with E-state index >= 15 is 0 Å². The number of H-pyrrole nitrogens is 1. The highest BCUT2D eigenvalue weighted by atomic mass is 79.9. The van der Waals surface area contributed by atoms with E-state index in [0.29, 0.717) is 10.9 Å². The molecule has 16 heavy (non-hydrogen) atoms. The van der Waals surface area contributed by atoms with Gasteiger partial charge in [-0.3, -0.25) is 4.79 Å². The Bertz CT molecular complexity index is 566. The van der Waals surface area contributed by atoms with E-state index in [-0.39, 0.29) is 5.56 Å². The molecule has 0 unspecified atom stereocenters. The van der Waals surface area contributed by atoms with Crippen LogP contribution >= 0.6 is 31.9 Å². The molecule has 0 radical (unpaired) electrons. The fourth-order valence-corrected chi connectivity index (χ4v) is 2.17. The van der Waals surface area contributed by atoms with Crippen molar-refractivity contribution in [1.82, 2.24) is 10.2 Å². The Morgan fingerprint density at radius 1 is 1.25 bits per heavy atom. The van der Waals surface area contributed by atoms with Gasteiger partial charge in [0, 0.05) is 10.9 Å². The molecule has 3 nitrogen and oxygen atoms in total. The van der Waals surface area contributed by atoms with Gasteiger partial charge >= 0.3 is 0 Å². The van der Waals surface area contributed by atoms with Gasteiger partial charge in [0.15, 0.2) is 0 Å². The molecular weight excluding hydrogens is 336 g/mol. The SMILES string of the molecule is O=c1[nH]nc(Cc2cccc(Br)c2)cc1Br. The van der Waals surface area contributed by atoms with Crippen molar-refractivity contribution in [1.29, 1.82) is 0 Å². The molecular formula is C11H8Br2N2O. The van der Waals surface area contributed by atoms with E-state index in [1.165, 1.54) is 0 Å². The van der Waals surface area contributed by atoms with Crippen molar-refractivity contribution >= 4 is 31.9 Å². The van der Waals surface area contributed by atoms with Crippen molar-refractivity contribution in [3.63, 3.8) is 0 Å². The molecule has 0 spiro atoms. The summed E-state index contributed by atoms with van der Waals surface area (Å²) < 4.78 is 1.54. The molecule has 0 saturated carbocycles. The summed E-state index contributed by atoms with van der Waals surface area (Å²) in [4.78, 5) is 11.1. The molecule has 0 aliphatic heterocycles. The summed E-state index contributed by atoms with van der Waals surface area (Å²) in [5.74, 6) is 0. The summed E-state index contributed by atoms with van der Waals surface area (Å²) in [6.07, 6.45) is 0.689. The largest absolute Gasteiger partial charge is 0.278 e. The third-order valence-electron chi connectivity index (χ3n) is 2.09. The molecule has 0 bridgehead atoms. The highest BCUT2D eigenvalue weighted by Crippen LogP contribution is 2.14. The lowest BCUT2D eigenvalue weighted by atomic mass is 10.1. The lowest BCUT2D eigenvalue weighted by molar-refractivity contribution is 0.903. The first-order valence-electron chi connectivity index (χ1n) is 4.64. The number of aromatic amines is 1. The third-order valence-corrected chi connectivity index (χ3v) is 3.17. The van der Waals surface area contributed by atoms with Crippen LogP contribution in [-0.2, 0) is 6.42 Å². The van der Waals surface area contributed by atoms with E-state index in [9.17, 15) is 4.79 Å². The second kappa shape index (κ2) is 4.93. The fraction of sp³-hybridized carbons (Fsp3) is 0.0909. The van der Waals surface area contributed by atoms with Crippen molar-refractivity contribution in [2.24, 2.45) is 0 Å². The predicted octanol–water partition coefficient (Wildman–Crippen LogP) is 2.89. The summed E-state index contributed by atoms with van der Waals surface area (Å²) in [5, 5.41) is 6.42. The van der Waals surface area contributed by atoms with E-state index in [0.717, 1.165) is 15.7 Å². The lowest BCUT2D eigenvalue weighted by Crippen LogP contribution is -2.10. The molecule has 0 fully saturated rings. The van der Waals surface area contributed by atoms with Gasteiger partial charge in [0.25, 0.3) is 5.56 Å². The molecule has 1 N–H and O–H groups in total. The number of rotatable bonds is 2. The van der Waals surface area contributed by atoms with Crippen molar-refractivity contribution in [2.75, 3.05) is 0 Å². The minimum absolute atomic E-state index is 0.210. The number of nitrogens with one attached hydrogen (secondary N) is 1. The van der Waals surface area contributed by atoms with Gasteiger partial charge in [-0.05, 0) is 39.7 Å². The number of aromatic nitrogens is 2. The van der Waals surface area contributed by atoms with Crippen LogP contribution in [-0.4, -0.2) is 10.2 Å². The van der Waals surface area contributed by atoms with E-state index in [1.54, 1.807) is 6.07 Å². The average molecular weight is 344 g/mol. The van der Waals surface area contributed by atoms with E-state index in [4.69, 9.17) is 0 Å². The summed E-state index contributed by atoms with van der Waals surface area (Å²) in [7, 11) is 0. The first-order valence-corrected chi connectivity index (χ1v) is 6.22. The van der Waals surface area contributed by atoms with Crippen LogP contribution in [0.4, 0.5) is 0 Å². The molecule has 0 atom stereocenters. The molecule has 0 saturated heterocycles. The van der Waals surface area contributed by atoms with Gasteiger partial charge in [0.2, 0.25) is 0 Å². The van der Waals surface area contributed by atoms with Crippen LogP contribution in [0.1, 0.15) is 11.3 Å². The Kier molecular flexibility index (Phi) is 3.56. The van der Waals surface area contributed by atoms with Gasteiger partial charge < -0.3 is 0 Å². The highest BCUT2D eigenvalue weighted by molar-refractivity contribution is 9.10. The molecule has 2 rings (SSSR count). The summed E-state index contributed by atoms with van der Waals surface area (Å²) in [6, 6.07) is 9.73. The molecule has 1 heterocycles. The molecule has 1 aromatic heterocycles. The van der Waals surface area contributed by atoms with Crippen molar-refractivity contribution in [3.05, 3.63) is 60.9 Å².